The molecular formula is C17H14F4N4. The van der Waals surface area contributed by atoms with Crippen LogP contribution >= 0.6 is 0 Å². The molecule has 0 radical (unpaired) electrons. The number of H-pyrrole nitrogens is 1. The Morgan fingerprint density at radius 3 is 2.88 bits per heavy atom. The van der Waals surface area contributed by atoms with Gasteiger partial charge in [0.05, 0.1) is 5.69 Å². The lowest BCUT2D eigenvalue weighted by molar-refractivity contribution is -0.145. The number of halogens is 4. The van der Waals surface area contributed by atoms with E-state index in [9.17, 15) is 17.6 Å². The molecule has 3 aromatic rings. The molecule has 3 heterocycles. The minimum atomic E-state index is -4.55. The summed E-state index contributed by atoms with van der Waals surface area (Å²) >= 11 is 0. The van der Waals surface area contributed by atoms with E-state index in [1.807, 2.05) is 4.90 Å². The van der Waals surface area contributed by atoms with Crippen molar-refractivity contribution in [2.75, 3.05) is 6.54 Å². The van der Waals surface area contributed by atoms with Crippen LogP contribution in [-0.4, -0.2) is 26.4 Å². The zero-order valence-electron chi connectivity index (χ0n) is 13.1. The van der Waals surface area contributed by atoms with E-state index in [0.717, 1.165) is 22.0 Å². The lowest BCUT2D eigenvalue weighted by atomic mass is 10.1. The molecule has 8 heteroatoms. The van der Waals surface area contributed by atoms with Crippen molar-refractivity contribution in [2.45, 2.75) is 25.7 Å². The molecule has 25 heavy (non-hydrogen) atoms. The Hall–Kier alpha value is -2.48. The van der Waals surface area contributed by atoms with E-state index in [0.29, 0.717) is 31.7 Å². The van der Waals surface area contributed by atoms with Gasteiger partial charge in [-0.3, -0.25) is 4.90 Å². The molecule has 2 aromatic heterocycles. The molecule has 1 N–H and O–H groups in total. The van der Waals surface area contributed by atoms with E-state index in [1.54, 1.807) is 12.3 Å². The van der Waals surface area contributed by atoms with Crippen LogP contribution in [0, 0.1) is 5.82 Å². The molecular weight excluding hydrogens is 336 g/mol. The minimum Gasteiger partial charge on any atom is -0.361 e. The van der Waals surface area contributed by atoms with Gasteiger partial charge in [-0.1, -0.05) is 0 Å². The van der Waals surface area contributed by atoms with E-state index in [1.165, 1.54) is 18.3 Å². The Bertz CT molecular complexity index is 932. The second-order valence-corrected chi connectivity index (χ2v) is 6.13. The number of aromatic nitrogens is 3. The Kier molecular flexibility index (Phi) is 3.72. The molecule has 4 rings (SSSR count). The summed E-state index contributed by atoms with van der Waals surface area (Å²) in [5.74, 6) is -1.43. The van der Waals surface area contributed by atoms with Gasteiger partial charge in [-0.05, 0) is 35.7 Å². The largest absolute Gasteiger partial charge is 0.451 e. The summed E-state index contributed by atoms with van der Waals surface area (Å²) < 4.78 is 51.9. The molecule has 1 aliphatic rings. The van der Waals surface area contributed by atoms with Crippen LogP contribution in [0.2, 0.25) is 0 Å². The number of hydrogen-bond acceptors (Lipinski definition) is 3. The monoisotopic (exact) mass is 350 g/mol. The van der Waals surface area contributed by atoms with Crippen LogP contribution in [0.25, 0.3) is 10.9 Å². The number of alkyl halides is 3. The van der Waals surface area contributed by atoms with Gasteiger partial charge >= 0.3 is 6.18 Å². The predicted molar refractivity (Wildman–Crippen MR) is 83.1 cm³/mol. The van der Waals surface area contributed by atoms with Crippen molar-refractivity contribution >= 4 is 10.9 Å². The summed E-state index contributed by atoms with van der Waals surface area (Å²) in [7, 11) is 0. The van der Waals surface area contributed by atoms with Gasteiger partial charge in [0, 0.05) is 42.9 Å². The van der Waals surface area contributed by atoms with Crippen LogP contribution in [0.15, 0.2) is 30.6 Å². The van der Waals surface area contributed by atoms with E-state index >= 15 is 0 Å². The Balaban J connectivity index is 1.58. The minimum absolute atomic E-state index is 0.308. The fourth-order valence-electron chi connectivity index (χ4n) is 3.15. The topological polar surface area (TPSA) is 44.8 Å². The number of nitrogens with one attached hydrogen (secondary N) is 1. The molecule has 0 saturated heterocycles. The maximum absolute atomic E-state index is 13.5. The zero-order valence-corrected chi connectivity index (χ0v) is 13.1. The molecule has 0 unspecified atom stereocenters. The highest BCUT2D eigenvalue weighted by molar-refractivity contribution is 5.83. The number of rotatable bonds is 2. The normalized spacial score (nSPS) is 15.5. The molecule has 4 nitrogen and oxygen atoms in total. The van der Waals surface area contributed by atoms with Gasteiger partial charge in [-0.15, -0.1) is 0 Å². The predicted octanol–water partition coefficient (Wildman–Crippen LogP) is 3.67. The standard InChI is InChI=1S/C17H14F4N4/c18-12-1-2-14-13(5-12)11(7-22-14)8-25-4-3-10-6-23-16(17(19,20)21)24-15(10)9-25/h1-2,5-7,22H,3-4,8-9H2. The fraction of sp³-hybridized carbons (Fsp3) is 0.294. The maximum Gasteiger partial charge on any atom is 0.451 e. The number of benzene rings is 1. The molecule has 0 saturated carbocycles. The lowest BCUT2D eigenvalue weighted by Gasteiger charge is -2.27. The molecule has 0 atom stereocenters. The van der Waals surface area contributed by atoms with Gasteiger partial charge in [0.1, 0.15) is 5.82 Å². The second-order valence-electron chi connectivity index (χ2n) is 6.13. The third-order valence-electron chi connectivity index (χ3n) is 4.40. The molecule has 0 bridgehead atoms. The van der Waals surface area contributed by atoms with E-state index in [-0.39, 0.29) is 5.82 Å². The number of fused-ring (bicyclic) bond motifs is 2. The number of nitrogens with zero attached hydrogens (tertiary/aromatic N) is 3. The highest BCUT2D eigenvalue weighted by Gasteiger charge is 2.35. The van der Waals surface area contributed by atoms with Crippen molar-refractivity contribution in [2.24, 2.45) is 0 Å². The summed E-state index contributed by atoms with van der Waals surface area (Å²) in [6.45, 7) is 1.50. The molecule has 130 valence electrons. The first-order valence-corrected chi connectivity index (χ1v) is 7.80. The Morgan fingerprint density at radius 1 is 1.24 bits per heavy atom. The summed E-state index contributed by atoms with van der Waals surface area (Å²) in [6.07, 6.45) is -0.889. The van der Waals surface area contributed by atoms with E-state index in [2.05, 4.69) is 15.0 Å². The third kappa shape index (κ3) is 3.09. The van der Waals surface area contributed by atoms with Gasteiger partial charge in [-0.25, -0.2) is 14.4 Å². The van der Waals surface area contributed by atoms with Crippen molar-refractivity contribution in [3.8, 4) is 0 Å². The molecule has 0 fully saturated rings. The molecule has 0 aliphatic carbocycles. The van der Waals surface area contributed by atoms with Crippen molar-refractivity contribution in [3.05, 3.63) is 59.1 Å². The first kappa shape index (κ1) is 16.0. The molecule has 0 spiro atoms. The molecule has 1 aromatic carbocycles. The van der Waals surface area contributed by atoms with Crippen LogP contribution in [0.1, 0.15) is 22.6 Å². The van der Waals surface area contributed by atoms with E-state index in [4.69, 9.17) is 0 Å². The summed E-state index contributed by atoms with van der Waals surface area (Å²) in [5.41, 5.74) is 2.88. The first-order valence-electron chi connectivity index (χ1n) is 7.80. The zero-order chi connectivity index (χ0) is 17.6. The van der Waals surface area contributed by atoms with Crippen LogP contribution in [0.4, 0.5) is 17.6 Å². The molecule has 1 aliphatic heterocycles. The first-order chi connectivity index (χ1) is 11.9. The Morgan fingerprint density at radius 2 is 2.08 bits per heavy atom. The smallest absolute Gasteiger partial charge is 0.361 e. The van der Waals surface area contributed by atoms with Gasteiger partial charge in [0.15, 0.2) is 0 Å². The second kappa shape index (κ2) is 5.80. The quantitative estimate of drug-likeness (QED) is 0.717. The third-order valence-corrected chi connectivity index (χ3v) is 4.40. The number of hydrogen-bond donors (Lipinski definition) is 1. The van der Waals surface area contributed by atoms with Crippen molar-refractivity contribution in [1.82, 2.24) is 19.9 Å². The summed E-state index contributed by atoms with van der Waals surface area (Å²) in [4.78, 5) is 12.2. The van der Waals surface area contributed by atoms with Crippen molar-refractivity contribution in [1.29, 1.82) is 0 Å². The van der Waals surface area contributed by atoms with Crippen molar-refractivity contribution < 1.29 is 17.6 Å². The van der Waals surface area contributed by atoms with E-state index < -0.39 is 12.0 Å². The maximum atomic E-state index is 13.5. The average Bonchev–Trinajstić information content (AvgIpc) is 2.95. The van der Waals surface area contributed by atoms with Gasteiger partial charge in [-0.2, -0.15) is 13.2 Å². The highest BCUT2D eigenvalue weighted by Crippen LogP contribution is 2.28. The van der Waals surface area contributed by atoms with Gasteiger partial charge < -0.3 is 4.98 Å². The van der Waals surface area contributed by atoms with Gasteiger partial charge in [0.25, 0.3) is 0 Å². The summed E-state index contributed by atoms with van der Waals surface area (Å²) in [6, 6.07) is 4.51. The summed E-state index contributed by atoms with van der Waals surface area (Å²) in [5, 5.41) is 0.782. The van der Waals surface area contributed by atoms with Crippen LogP contribution in [0.3, 0.4) is 0 Å². The van der Waals surface area contributed by atoms with Gasteiger partial charge in [0.2, 0.25) is 5.82 Å². The van der Waals surface area contributed by atoms with Crippen LogP contribution in [-0.2, 0) is 25.7 Å². The lowest BCUT2D eigenvalue weighted by Crippen LogP contribution is -2.31. The number of aromatic amines is 1. The highest BCUT2D eigenvalue weighted by atomic mass is 19.4. The fourth-order valence-corrected chi connectivity index (χ4v) is 3.15. The Labute approximate surface area is 140 Å². The van der Waals surface area contributed by atoms with Crippen LogP contribution in [0.5, 0.6) is 0 Å². The SMILES string of the molecule is Fc1ccc2[nH]cc(CN3CCc4cnc(C(F)(F)F)nc4C3)c2c1. The van der Waals surface area contributed by atoms with Crippen molar-refractivity contribution in [3.63, 3.8) is 0 Å². The average molecular weight is 350 g/mol. The molecule has 0 amide bonds. The van der Waals surface area contributed by atoms with Crippen LogP contribution < -0.4 is 0 Å².